The highest BCUT2D eigenvalue weighted by Gasteiger charge is 2.58. The Morgan fingerprint density at radius 1 is 0.441 bits per heavy atom. The molecule has 22 atom stereocenters. The summed E-state index contributed by atoms with van der Waals surface area (Å²) in [5.41, 5.74) is 0. The maximum atomic E-state index is 10.5. The molecule has 0 aromatic rings. The Hall–Kier alpha value is -1.20. The fraction of sp³-hybridized carbons (Fsp3) is 1.00. The number of ether oxygens (including phenoxy) is 7. The van der Waals surface area contributed by atoms with E-state index in [1.807, 2.05) is 0 Å². The highest BCUT2D eigenvalue weighted by molar-refractivity contribution is 4.99. The third-order valence-corrected chi connectivity index (χ3v) is 9.42. The van der Waals surface area contributed by atoms with Crippen LogP contribution in [0.25, 0.3) is 0 Å². The van der Waals surface area contributed by atoms with Crippen LogP contribution in [0.1, 0.15) is 0 Å². The molecule has 0 amide bonds. The zero-order chi connectivity index (χ0) is 41.5. The molecule has 0 aliphatic carbocycles. The molecule has 0 aromatic carbocycles. The Morgan fingerprint density at radius 2 is 0.797 bits per heavy atom. The lowest BCUT2D eigenvalue weighted by atomic mass is 9.98. The SMILES string of the molecule is O.O.O.O.OC[C@@H](O)[C@H](O)[C@@H](O)CO.OC[C@H]1O[C@H](OC[C@H]2O[C@H](OC[C@H]3O[C@H](O[C@]4(CO)O[C@H](CO)[C@@H](O)[C@@H]4O)[C@H](O)[C@@H](O)[C@@H]3O)[C@H](O)[C@@H](O)[C@H]2O)[C@H](O)[C@@H](O)[C@H]1O. The molecule has 0 radical (unpaired) electrons. The van der Waals surface area contributed by atoms with E-state index in [0.717, 1.165) is 0 Å². The van der Waals surface area contributed by atoms with E-state index >= 15 is 0 Å². The molecule has 59 heavy (non-hydrogen) atoms. The number of hydrogen-bond donors (Lipinski definition) is 19. The van der Waals surface area contributed by atoms with E-state index in [-0.39, 0.29) is 21.9 Å². The fourth-order valence-electron chi connectivity index (χ4n) is 5.87. The van der Waals surface area contributed by atoms with Crippen molar-refractivity contribution in [2.24, 2.45) is 0 Å². The van der Waals surface area contributed by atoms with Crippen molar-refractivity contribution in [2.45, 2.75) is 135 Å². The quantitative estimate of drug-likeness (QED) is 0.0726. The fourth-order valence-corrected chi connectivity index (χ4v) is 5.87. The van der Waals surface area contributed by atoms with Crippen LogP contribution in [-0.4, -0.2) is 300 Å². The first-order chi connectivity index (χ1) is 25.8. The van der Waals surface area contributed by atoms with E-state index in [0.29, 0.717) is 0 Å². The minimum Gasteiger partial charge on any atom is -0.412 e. The number of rotatable bonds is 15. The molecule has 0 saturated carbocycles. The van der Waals surface area contributed by atoms with E-state index in [2.05, 4.69) is 0 Å². The van der Waals surface area contributed by atoms with Gasteiger partial charge in [0.2, 0.25) is 5.79 Å². The average molecular weight is 891 g/mol. The van der Waals surface area contributed by atoms with Crippen molar-refractivity contribution >= 4 is 0 Å². The Balaban J connectivity index is 0. The van der Waals surface area contributed by atoms with Crippen molar-refractivity contribution in [3.63, 3.8) is 0 Å². The average Bonchev–Trinajstić information content (AvgIpc) is 3.43. The lowest BCUT2D eigenvalue weighted by molar-refractivity contribution is -0.388. The van der Waals surface area contributed by atoms with E-state index in [1.54, 1.807) is 0 Å². The van der Waals surface area contributed by atoms with Crippen LogP contribution >= 0.6 is 0 Å². The second-order valence-corrected chi connectivity index (χ2v) is 13.2. The summed E-state index contributed by atoms with van der Waals surface area (Å²) in [6.45, 7) is -5.30. The van der Waals surface area contributed by atoms with Gasteiger partial charge in [-0.1, -0.05) is 0 Å². The second-order valence-electron chi connectivity index (χ2n) is 13.2. The summed E-state index contributed by atoms with van der Waals surface area (Å²) in [6, 6.07) is 0. The van der Waals surface area contributed by atoms with Crippen molar-refractivity contribution < 1.29 is 152 Å². The van der Waals surface area contributed by atoms with Gasteiger partial charge in [-0.3, -0.25) is 0 Å². The molecule has 0 aromatic heterocycles. The van der Waals surface area contributed by atoms with Crippen LogP contribution in [0.4, 0.5) is 0 Å². The van der Waals surface area contributed by atoms with Crippen molar-refractivity contribution in [3.05, 3.63) is 0 Å². The van der Waals surface area contributed by atoms with E-state index < -0.39 is 181 Å². The van der Waals surface area contributed by atoms with Crippen LogP contribution in [-0.2, 0) is 33.2 Å². The smallest absolute Gasteiger partial charge is 0.224 e. The van der Waals surface area contributed by atoms with Crippen molar-refractivity contribution in [1.82, 2.24) is 0 Å². The molecule has 30 heteroatoms. The first kappa shape index (κ1) is 59.9. The maximum Gasteiger partial charge on any atom is 0.224 e. The monoisotopic (exact) mass is 890 g/mol. The van der Waals surface area contributed by atoms with Gasteiger partial charge < -0.3 is 152 Å². The van der Waals surface area contributed by atoms with Gasteiger partial charge >= 0.3 is 0 Å². The van der Waals surface area contributed by atoms with Gasteiger partial charge in [0.1, 0.15) is 116 Å². The van der Waals surface area contributed by atoms with E-state index in [9.17, 15) is 71.5 Å². The number of hydrogen-bond acceptors (Lipinski definition) is 26. The molecule has 4 fully saturated rings. The molecule has 4 heterocycles. The van der Waals surface area contributed by atoms with E-state index in [1.165, 1.54) is 0 Å². The van der Waals surface area contributed by atoms with Crippen molar-refractivity contribution in [2.75, 3.05) is 46.2 Å². The molecule has 4 rings (SSSR count). The van der Waals surface area contributed by atoms with Crippen LogP contribution in [0, 0.1) is 0 Å². The Labute approximate surface area is 333 Å². The first-order valence-electron chi connectivity index (χ1n) is 17.0. The molecule has 27 N–H and O–H groups in total. The molecular weight excluding hydrogens is 828 g/mol. The molecule has 4 saturated heterocycles. The Morgan fingerprint density at radius 3 is 1.15 bits per heavy atom. The first-order valence-corrected chi connectivity index (χ1v) is 17.0. The van der Waals surface area contributed by atoms with Crippen LogP contribution in [0.3, 0.4) is 0 Å². The summed E-state index contributed by atoms with van der Waals surface area (Å²) in [6.07, 6.45) is -35.7. The summed E-state index contributed by atoms with van der Waals surface area (Å²) in [7, 11) is 0. The predicted molar refractivity (Wildman–Crippen MR) is 181 cm³/mol. The topological polar surface area (TPSA) is 575 Å². The highest BCUT2D eigenvalue weighted by atomic mass is 16.8. The lowest BCUT2D eigenvalue weighted by Gasteiger charge is -2.45. The lowest BCUT2D eigenvalue weighted by Crippen LogP contribution is -2.64. The maximum absolute atomic E-state index is 10.5. The van der Waals surface area contributed by atoms with Crippen LogP contribution in [0.5, 0.6) is 0 Å². The zero-order valence-electron chi connectivity index (χ0n) is 30.9. The normalized spacial score (nSPS) is 43.6. The molecule has 0 bridgehead atoms. The van der Waals surface area contributed by atoms with E-state index in [4.69, 9.17) is 58.7 Å². The van der Waals surface area contributed by atoms with Crippen molar-refractivity contribution in [1.29, 1.82) is 0 Å². The van der Waals surface area contributed by atoms with Gasteiger partial charge in [0.15, 0.2) is 18.9 Å². The summed E-state index contributed by atoms with van der Waals surface area (Å²) < 4.78 is 37.6. The molecule has 4 aliphatic rings. The standard InChI is InChI=1S/C24H42O21.C5H12O5.4H2O/c25-1-6-10(28)14(32)17(35)21(41-6)39-3-8-11(29)15(33)18(36)22(42-8)40-4-9-12(30)16(34)19(37)23(43-9)45-24(5-27)20(38)13(31)7(2-26)44-24;6-1-3(8)5(10)4(9)2-7;;;;/h6-23,25-38H,1-5H2;3-10H,1-2H2;4*1H2/t6-,7-,8-,9-,10+,11+,12-,13-,14+,15+,16+,17-,18-,19-,20+,21+,22+,23-,24+;3-,4+,5+;;;;/m1...../s1. The Kier molecular flexibility index (Phi) is 26.8. The minimum atomic E-state index is -2.43. The van der Waals surface area contributed by atoms with Gasteiger partial charge in [-0.15, -0.1) is 0 Å². The van der Waals surface area contributed by atoms with Gasteiger partial charge in [-0.25, -0.2) is 0 Å². The summed E-state index contributed by atoms with van der Waals surface area (Å²) in [5.74, 6) is -2.43. The summed E-state index contributed by atoms with van der Waals surface area (Å²) in [5, 5.41) is 184. The molecule has 0 spiro atoms. The van der Waals surface area contributed by atoms with Gasteiger partial charge in [0.25, 0.3) is 0 Å². The number of aliphatic hydroxyl groups excluding tert-OH is 19. The highest BCUT2D eigenvalue weighted by Crippen LogP contribution is 2.36. The third-order valence-electron chi connectivity index (χ3n) is 9.42. The van der Waals surface area contributed by atoms with Gasteiger partial charge in [0.05, 0.1) is 39.6 Å². The van der Waals surface area contributed by atoms with Crippen molar-refractivity contribution in [3.8, 4) is 0 Å². The van der Waals surface area contributed by atoms with Crippen LogP contribution < -0.4 is 0 Å². The third kappa shape index (κ3) is 13.6. The summed E-state index contributed by atoms with van der Waals surface area (Å²) >= 11 is 0. The van der Waals surface area contributed by atoms with Gasteiger partial charge in [0, 0.05) is 0 Å². The minimum absolute atomic E-state index is 0. The molecule has 30 nitrogen and oxygen atoms in total. The van der Waals surface area contributed by atoms with Gasteiger partial charge in [-0.05, 0) is 0 Å². The molecule has 0 unspecified atom stereocenters. The summed E-state index contributed by atoms with van der Waals surface area (Å²) in [4.78, 5) is 0. The van der Waals surface area contributed by atoms with Gasteiger partial charge in [-0.2, -0.15) is 0 Å². The zero-order valence-corrected chi connectivity index (χ0v) is 30.9. The van der Waals surface area contributed by atoms with Crippen LogP contribution in [0.15, 0.2) is 0 Å². The largest absolute Gasteiger partial charge is 0.412 e. The predicted octanol–water partition coefficient (Wildman–Crippen LogP) is -16.0. The second kappa shape index (κ2) is 26.4. The Bertz CT molecular complexity index is 1110. The molecular formula is C29H62O30. The van der Waals surface area contributed by atoms with Crippen LogP contribution in [0.2, 0.25) is 0 Å². The number of aliphatic hydroxyl groups is 19. The molecule has 358 valence electrons. The molecule has 4 aliphatic heterocycles.